The molecule has 2 aliphatic rings. The second-order valence-corrected chi connectivity index (χ2v) is 9.67. The molecule has 1 saturated carbocycles. The first-order valence-corrected chi connectivity index (χ1v) is 12.5. The van der Waals surface area contributed by atoms with Crippen molar-refractivity contribution in [3.63, 3.8) is 0 Å². The van der Waals surface area contributed by atoms with E-state index in [9.17, 15) is 4.79 Å². The molecule has 0 spiro atoms. The summed E-state index contributed by atoms with van der Waals surface area (Å²) in [7, 11) is 1.63. The number of tetrazole rings is 1. The van der Waals surface area contributed by atoms with Gasteiger partial charge in [-0.25, -0.2) is 4.68 Å². The number of nitrogens with zero attached hydrogens (tertiary/aromatic N) is 5. The highest BCUT2D eigenvalue weighted by Crippen LogP contribution is 2.35. The average Bonchev–Trinajstić information content (AvgIpc) is 3.39. The van der Waals surface area contributed by atoms with Crippen LogP contribution < -0.4 is 10.3 Å². The maximum absolute atomic E-state index is 13.5. The van der Waals surface area contributed by atoms with Gasteiger partial charge < -0.3 is 9.72 Å². The zero-order valence-corrected chi connectivity index (χ0v) is 20.0. The first kappa shape index (κ1) is 22.0. The van der Waals surface area contributed by atoms with Crippen LogP contribution in [0.2, 0.25) is 0 Å². The normalized spacial score (nSPS) is 17.9. The maximum Gasteiger partial charge on any atom is 0.253 e. The van der Waals surface area contributed by atoms with E-state index in [1.807, 2.05) is 28.9 Å². The number of aromatic amines is 1. The predicted octanol–water partition coefficient (Wildman–Crippen LogP) is 4.18. The lowest BCUT2D eigenvalue weighted by atomic mass is 9.94. The fourth-order valence-corrected chi connectivity index (χ4v) is 5.73. The number of benzene rings is 2. The van der Waals surface area contributed by atoms with Crippen molar-refractivity contribution in [2.24, 2.45) is 0 Å². The van der Waals surface area contributed by atoms with E-state index in [1.54, 1.807) is 7.11 Å². The van der Waals surface area contributed by atoms with Gasteiger partial charge in [0.15, 0.2) is 5.82 Å². The minimum atomic E-state index is -0.337. The molecule has 4 aromatic rings. The Balaban J connectivity index is 1.48. The van der Waals surface area contributed by atoms with Gasteiger partial charge in [0, 0.05) is 24.7 Å². The summed E-state index contributed by atoms with van der Waals surface area (Å²) in [4.78, 5) is 19.0. The molecule has 8 nitrogen and oxygen atoms in total. The van der Waals surface area contributed by atoms with Gasteiger partial charge in [-0.3, -0.25) is 9.69 Å². The summed E-state index contributed by atoms with van der Waals surface area (Å²) in [6.07, 6.45) is 6.70. The van der Waals surface area contributed by atoms with Crippen LogP contribution in [0.1, 0.15) is 66.7 Å². The Morgan fingerprint density at radius 1 is 1.06 bits per heavy atom. The number of nitrogens with one attached hydrogen (secondary N) is 1. The third-order valence-electron chi connectivity index (χ3n) is 7.59. The Morgan fingerprint density at radius 2 is 1.89 bits per heavy atom. The zero-order chi connectivity index (χ0) is 23.8. The van der Waals surface area contributed by atoms with Crippen LogP contribution in [0.3, 0.4) is 0 Å². The molecule has 0 amide bonds. The molecule has 1 aliphatic carbocycles. The lowest BCUT2D eigenvalue weighted by Gasteiger charge is -2.35. The molecule has 35 heavy (non-hydrogen) atoms. The van der Waals surface area contributed by atoms with Gasteiger partial charge in [0.05, 0.1) is 18.7 Å². The highest BCUT2D eigenvalue weighted by molar-refractivity contribution is 5.80. The molecule has 1 fully saturated rings. The smallest absolute Gasteiger partial charge is 0.253 e. The van der Waals surface area contributed by atoms with E-state index in [4.69, 9.17) is 4.74 Å². The summed E-state index contributed by atoms with van der Waals surface area (Å²) in [5.41, 5.74) is 3.98. The Kier molecular flexibility index (Phi) is 5.82. The number of hydrogen-bond donors (Lipinski definition) is 1. The van der Waals surface area contributed by atoms with Gasteiger partial charge in [0.25, 0.3) is 5.56 Å². The molecule has 2 aromatic carbocycles. The first-order valence-electron chi connectivity index (χ1n) is 12.5. The van der Waals surface area contributed by atoms with Gasteiger partial charge in [-0.1, -0.05) is 43.5 Å². The zero-order valence-electron chi connectivity index (χ0n) is 20.0. The molecule has 1 N–H and O–H groups in total. The molecular formula is C27H30N6O2. The van der Waals surface area contributed by atoms with Crippen LogP contribution >= 0.6 is 0 Å². The van der Waals surface area contributed by atoms with E-state index in [0.29, 0.717) is 11.3 Å². The minimum Gasteiger partial charge on any atom is -0.497 e. The van der Waals surface area contributed by atoms with E-state index in [-0.39, 0.29) is 17.6 Å². The monoisotopic (exact) mass is 470 g/mol. The summed E-state index contributed by atoms with van der Waals surface area (Å²) >= 11 is 0. The number of fused-ring (bicyclic) bond motifs is 2. The summed E-state index contributed by atoms with van der Waals surface area (Å²) in [6.45, 7) is 1.58. The van der Waals surface area contributed by atoms with Crippen LogP contribution in [-0.2, 0) is 13.0 Å². The quantitative estimate of drug-likeness (QED) is 0.471. The van der Waals surface area contributed by atoms with E-state index in [1.165, 1.54) is 30.4 Å². The molecule has 3 heterocycles. The first-order chi connectivity index (χ1) is 17.2. The lowest BCUT2D eigenvalue weighted by Crippen LogP contribution is -2.39. The maximum atomic E-state index is 13.5. The van der Waals surface area contributed by atoms with Gasteiger partial charge >= 0.3 is 0 Å². The second-order valence-electron chi connectivity index (χ2n) is 9.67. The summed E-state index contributed by atoms with van der Waals surface area (Å²) < 4.78 is 7.35. The minimum absolute atomic E-state index is 0.118. The standard InChI is InChI=1S/C27H30N6O2/c1-35-22-12-11-19-15-23(27(34)28-24(19)16-22)25(32-14-13-18-7-5-6-8-20(18)17-32)26-29-30-31-33(26)21-9-3-2-4-10-21/h5-8,11-12,15-16,21,25H,2-4,9-10,13-14,17H2,1H3,(H,28,34). The van der Waals surface area contributed by atoms with Gasteiger partial charge in [-0.15, -0.1) is 5.10 Å². The summed E-state index contributed by atoms with van der Waals surface area (Å²) in [5.74, 6) is 1.47. The summed E-state index contributed by atoms with van der Waals surface area (Å²) in [5, 5.41) is 14.0. The van der Waals surface area contributed by atoms with Crippen molar-refractivity contribution in [1.29, 1.82) is 0 Å². The van der Waals surface area contributed by atoms with Gasteiger partial charge in [0.1, 0.15) is 11.8 Å². The number of pyridine rings is 1. The highest BCUT2D eigenvalue weighted by Gasteiger charge is 2.34. The summed E-state index contributed by atoms with van der Waals surface area (Å²) in [6, 6.07) is 16.3. The van der Waals surface area contributed by atoms with Crippen LogP contribution in [0, 0.1) is 0 Å². The van der Waals surface area contributed by atoms with Gasteiger partial charge in [-0.05, 0) is 64.4 Å². The fourth-order valence-electron chi connectivity index (χ4n) is 5.73. The number of H-pyrrole nitrogens is 1. The SMILES string of the molecule is COc1ccc2cc(C(c3nnnn3C3CCCCC3)N3CCc4ccccc4C3)c(=O)[nH]c2c1. The van der Waals surface area contributed by atoms with Crippen molar-refractivity contribution < 1.29 is 4.74 Å². The largest absolute Gasteiger partial charge is 0.497 e. The number of rotatable bonds is 5. The molecule has 180 valence electrons. The van der Waals surface area contributed by atoms with Crippen LogP contribution in [0.15, 0.2) is 53.3 Å². The van der Waals surface area contributed by atoms with Crippen molar-refractivity contribution >= 4 is 10.9 Å². The molecule has 2 aromatic heterocycles. The Morgan fingerprint density at radius 3 is 2.71 bits per heavy atom. The third kappa shape index (κ3) is 4.12. The number of ether oxygens (including phenoxy) is 1. The predicted molar refractivity (Wildman–Crippen MR) is 133 cm³/mol. The fraction of sp³-hybridized carbons (Fsp3) is 0.407. The third-order valence-corrected chi connectivity index (χ3v) is 7.59. The van der Waals surface area contributed by atoms with E-state index >= 15 is 0 Å². The van der Waals surface area contributed by atoms with Crippen molar-refractivity contribution in [3.05, 3.63) is 81.4 Å². The molecular weight excluding hydrogens is 440 g/mol. The Labute approximate surface area is 203 Å². The van der Waals surface area contributed by atoms with Crippen LogP contribution in [-0.4, -0.2) is 43.7 Å². The molecule has 6 rings (SSSR count). The van der Waals surface area contributed by atoms with Crippen molar-refractivity contribution in [2.45, 2.75) is 57.2 Å². The molecule has 0 radical (unpaired) electrons. The molecule has 0 saturated heterocycles. The average molecular weight is 471 g/mol. The molecule has 1 atom stereocenters. The Hall–Kier alpha value is -3.52. The van der Waals surface area contributed by atoms with Crippen molar-refractivity contribution in [3.8, 4) is 5.75 Å². The molecule has 0 bridgehead atoms. The van der Waals surface area contributed by atoms with Crippen LogP contribution in [0.25, 0.3) is 10.9 Å². The van der Waals surface area contributed by atoms with Gasteiger partial charge in [-0.2, -0.15) is 0 Å². The molecule has 1 unspecified atom stereocenters. The lowest BCUT2D eigenvalue weighted by molar-refractivity contribution is 0.187. The second kappa shape index (κ2) is 9.26. The number of methoxy groups -OCH3 is 1. The van der Waals surface area contributed by atoms with Crippen LogP contribution in [0.4, 0.5) is 0 Å². The number of hydrogen-bond acceptors (Lipinski definition) is 6. The number of aromatic nitrogens is 5. The van der Waals surface area contributed by atoms with E-state index < -0.39 is 0 Å². The van der Waals surface area contributed by atoms with Gasteiger partial charge in [0.2, 0.25) is 0 Å². The van der Waals surface area contributed by atoms with Crippen molar-refractivity contribution in [1.82, 2.24) is 30.1 Å². The van der Waals surface area contributed by atoms with E-state index in [2.05, 4.69) is 49.7 Å². The molecule has 1 aliphatic heterocycles. The highest BCUT2D eigenvalue weighted by atomic mass is 16.5. The Bertz CT molecular complexity index is 1400. The topological polar surface area (TPSA) is 88.9 Å². The van der Waals surface area contributed by atoms with E-state index in [0.717, 1.165) is 49.1 Å². The molecule has 8 heteroatoms. The van der Waals surface area contributed by atoms with Crippen LogP contribution in [0.5, 0.6) is 5.75 Å². The van der Waals surface area contributed by atoms with Crippen molar-refractivity contribution in [2.75, 3.05) is 13.7 Å².